The van der Waals surface area contributed by atoms with Gasteiger partial charge in [-0.1, -0.05) is 70.6 Å². The highest BCUT2D eigenvalue weighted by Gasteiger charge is 2.28. The van der Waals surface area contributed by atoms with Crippen molar-refractivity contribution in [1.29, 1.82) is 0 Å². The third-order valence-corrected chi connectivity index (χ3v) is 4.03. The molecular formula is C18H31N. The van der Waals surface area contributed by atoms with Crippen LogP contribution in [0.5, 0.6) is 0 Å². The van der Waals surface area contributed by atoms with E-state index in [0.29, 0.717) is 18.0 Å². The van der Waals surface area contributed by atoms with Crippen LogP contribution in [-0.4, -0.2) is 12.1 Å². The van der Waals surface area contributed by atoms with E-state index in [1.807, 2.05) is 0 Å². The smallest absolute Gasteiger partial charge is 0.0289 e. The van der Waals surface area contributed by atoms with E-state index >= 15 is 0 Å². The van der Waals surface area contributed by atoms with Gasteiger partial charge in [-0.25, -0.2) is 0 Å². The van der Waals surface area contributed by atoms with Gasteiger partial charge in [0, 0.05) is 12.1 Å². The highest BCUT2D eigenvalue weighted by molar-refractivity contribution is 5.25. The molecule has 0 aromatic carbocycles. The SMILES string of the molecule is C=C(C(C)C)C(CC1(C)C=CC(C)=CC1)NC(C)C. The minimum absolute atomic E-state index is 0.254. The number of nitrogens with one attached hydrogen (secondary N) is 1. The summed E-state index contributed by atoms with van der Waals surface area (Å²) >= 11 is 0. The largest absolute Gasteiger partial charge is 0.308 e. The summed E-state index contributed by atoms with van der Waals surface area (Å²) < 4.78 is 0. The van der Waals surface area contributed by atoms with Crippen molar-refractivity contribution in [3.05, 3.63) is 36.0 Å². The lowest BCUT2D eigenvalue weighted by molar-refractivity contribution is 0.320. The van der Waals surface area contributed by atoms with Crippen LogP contribution in [0, 0.1) is 11.3 Å². The van der Waals surface area contributed by atoms with Crippen molar-refractivity contribution in [2.24, 2.45) is 11.3 Å². The third-order valence-electron chi connectivity index (χ3n) is 4.03. The Labute approximate surface area is 119 Å². The molecule has 0 saturated heterocycles. The number of hydrogen-bond donors (Lipinski definition) is 1. The minimum Gasteiger partial charge on any atom is -0.308 e. The molecule has 2 atom stereocenters. The van der Waals surface area contributed by atoms with E-state index in [1.165, 1.54) is 11.1 Å². The van der Waals surface area contributed by atoms with Crippen molar-refractivity contribution < 1.29 is 0 Å². The fourth-order valence-electron chi connectivity index (χ4n) is 2.58. The van der Waals surface area contributed by atoms with E-state index in [2.05, 4.69) is 71.7 Å². The fraction of sp³-hybridized carbons (Fsp3) is 0.667. The van der Waals surface area contributed by atoms with Gasteiger partial charge in [0.05, 0.1) is 0 Å². The van der Waals surface area contributed by atoms with Crippen LogP contribution in [0.4, 0.5) is 0 Å². The van der Waals surface area contributed by atoms with Crippen LogP contribution in [0.15, 0.2) is 36.0 Å². The third kappa shape index (κ3) is 4.99. The standard InChI is InChI=1S/C18H31N/c1-13(2)16(6)17(19-14(3)4)12-18(7)10-8-15(5)9-11-18/h8-10,13-14,17,19H,6,11-12H2,1-5,7H3. The Morgan fingerprint density at radius 3 is 2.42 bits per heavy atom. The Morgan fingerprint density at radius 1 is 1.37 bits per heavy atom. The molecule has 0 saturated carbocycles. The molecule has 0 aromatic heterocycles. The quantitative estimate of drug-likeness (QED) is 0.673. The topological polar surface area (TPSA) is 12.0 Å². The Morgan fingerprint density at radius 2 is 2.00 bits per heavy atom. The summed E-state index contributed by atoms with van der Waals surface area (Å²) in [6.07, 6.45) is 9.25. The van der Waals surface area contributed by atoms with E-state index in [4.69, 9.17) is 0 Å². The predicted octanol–water partition coefficient (Wildman–Crippen LogP) is 4.87. The van der Waals surface area contributed by atoms with E-state index in [0.717, 1.165) is 12.8 Å². The predicted molar refractivity (Wildman–Crippen MR) is 86.3 cm³/mol. The van der Waals surface area contributed by atoms with Crippen molar-refractivity contribution in [3.63, 3.8) is 0 Å². The summed E-state index contributed by atoms with van der Waals surface area (Å²) in [6.45, 7) is 17.7. The molecule has 1 rings (SSSR count). The molecule has 1 nitrogen and oxygen atoms in total. The summed E-state index contributed by atoms with van der Waals surface area (Å²) in [7, 11) is 0. The molecular weight excluding hydrogens is 230 g/mol. The molecule has 0 spiro atoms. The molecule has 0 radical (unpaired) electrons. The normalized spacial score (nSPS) is 24.7. The van der Waals surface area contributed by atoms with Crippen LogP contribution < -0.4 is 5.32 Å². The maximum atomic E-state index is 4.32. The molecule has 1 heteroatoms. The molecule has 19 heavy (non-hydrogen) atoms. The Kier molecular flexibility index (Phi) is 5.61. The summed E-state index contributed by atoms with van der Waals surface area (Å²) in [5.74, 6) is 0.532. The first-order valence-corrected chi connectivity index (χ1v) is 7.54. The van der Waals surface area contributed by atoms with Gasteiger partial charge < -0.3 is 5.32 Å². The molecule has 0 aliphatic heterocycles. The van der Waals surface area contributed by atoms with Gasteiger partial charge in [0.25, 0.3) is 0 Å². The molecule has 0 aromatic rings. The second-order valence-corrected chi connectivity index (χ2v) is 6.95. The Bertz CT molecular complexity index is 373. The van der Waals surface area contributed by atoms with Gasteiger partial charge in [-0.05, 0) is 31.1 Å². The van der Waals surface area contributed by atoms with Gasteiger partial charge in [0.1, 0.15) is 0 Å². The Hall–Kier alpha value is -0.820. The summed E-state index contributed by atoms with van der Waals surface area (Å²) in [4.78, 5) is 0. The van der Waals surface area contributed by atoms with Crippen LogP contribution in [-0.2, 0) is 0 Å². The van der Waals surface area contributed by atoms with Crippen molar-refractivity contribution in [2.75, 3.05) is 0 Å². The lowest BCUT2D eigenvalue weighted by Crippen LogP contribution is -2.40. The molecule has 108 valence electrons. The highest BCUT2D eigenvalue weighted by Crippen LogP contribution is 2.36. The van der Waals surface area contributed by atoms with Crippen molar-refractivity contribution in [2.45, 2.75) is 66.5 Å². The zero-order chi connectivity index (χ0) is 14.6. The summed E-state index contributed by atoms with van der Waals surface area (Å²) in [5, 5.41) is 3.69. The van der Waals surface area contributed by atoms with Crippen molar-refractivity contribution >= 4 is 0 Å². The van der Waals surface area contributed by atoms with Crippen LogP contribution in [0.25, 0.3) is 0 Å². The molecule has 0 heterocycles. The number of hydrogen-bond acceptors (Lipinski definition) is 1. The number of allylic oxidation sites excluding steroid dienone is 4. The van der Waals surface area contributed by atoms with Gasteiger partial charge in [0.15, 0.2) is 0 Å². The molecule has 0 amide bonds. The van der Waals surface area contributed by atoms with Crippen molar-refractivity contribution in [1.82, 2.24) is 5.32 Å². The van der Waals surface area contributed by atoms with Crippen molar-refractivity contribution in [3.8, 4) is 0 Å². The zero-order valence-electron chi connectivity index (χ0n) is 13.6. The van der Waals surface area contributed by atoms with Gasteiger partial charge >= 0.3 is 0 Å². The van der Waals surface area contributed by atoms with Gasteiger partial charge in [0.2, 0.25) is 0 Å². The van der Waals surface area contributed by atoms with E-state index < -0.39 is 0 Å². The van der Waals surface area contributed by atoms with Crippen LogP contribution in [0.3, 0.4) is 0 Å². The molecule has 2 unspecified atom stereocenters. The Balaban J connectivity index is 2.78. The van der Waals surface area contributed by atoms with E-state index in [-0.39, 0.29) is 5.41 Å². The van der Waals surface area contributed by atoms with E-state index in [1.54, 1.807) is 0 Å². The maximum Gasteiger partial charge on any atom is 0.0289 e. The minimum atomic E-state index is 0.254. The molecule has 1 N–H and O–H groups in total. The lowest BCUT2D eigenvalue weighted by Gasteiger charge is -2.35. The van der Waals surface area contributed by atoms with Crippen LogP contribution in [0.1, 0.15) is 54.4 Å². The summed E-state index contributed by atoms with van der Waals surface area (Å²) in [5.41, 5.74) is 2.97. The van der Waals surface area contributed by atoms with Gasteiger partial charge in [-0.3, -0.25) is 0 Å². The first kappa shape index (κ1) is 16.2. The fourth-order valence-corrected chi connectivity index (χ4v) is 2.58. The number of rotatable bonds is 6. The second kappa shape index (κ2) is 6.56. The summed E-state index contributed by atoms with van der Waals surface area (Å²) in [6, 6.07) is 0.899. The zero-order valence-corrected chi connectivity index (χ0v) is 13.6. The molecule has 1 aliphatic rings. The first-order chi connectivity index (χ1) is 8.73. The van der Waals surface area contributed by atoms with Gasteiger partial charge in [-0.15, -0.1) is 0 Å². The van der Waals surface area contributed by atoms with Crippen LogP contribution in [0.2, 0.25) is 0 Å². The lowest BCUT2D eigenvalue weighted by atomic mass is 9.75. The monoisotopic (exact) mass is 261 g/mol. The maximum absolute atomic E-state index is 4.32. The average molecular weight is 261 g/mol. The van der Waals surface area contributed by atoms with Crippen LogP contribution >= 0.6 is 0 Å². The highest BCUT2D eigenvalue weighted by atomic mass is 14.9. The molecule has 0 bridgehead atoms. The molecule has 1 aliphatic carbocycles. The first-order valence-electron chi connectivity index (χ1n) is 7.54. The molecule has 0 fully saturated rings. The van der Waals surface area contributed by atoms with E-state index in [9.17, 15) is 0 Å². The van der Waals surface area contributed by atoms with Gasteiger partial charge in [-0.2, -0.15) is 0 Å². The second-order valence-electron chi connectivity index (χ2n) is 6.95. The average Bonchev–Trinajstić information content (AvgIpc) is 2.31.